The monoisotopic (exact) mass is 431 g/mol. The van der Waals surface area contributed by atoms with Gasteiger partial charge in [-0.2, -0.15) is 0 Å². The molecule has 0 spiro atoms. The van der Waals surface area contributed by atoms with E-state index in [0.29, 0.717) is 17.9 Å². The standard InChI is InChI=1S/C27H33N3O2/c1-20(26(31)22-11-4-3-5-12-22)9-6-7-10-21-15-17-23(18-16-21)27(32)30(2)19-24-13-8-14-25(28)29-24/h3-5,8,11-18,20,26,31H,6-7,9-10,19H2,1-2H3,(H2,28,29)/t20-,26+/m1/s1. The summed E-state index contributed by atoms with van der Waals surface area (Å²) in [5, 5.41) is 10.5. The Morgan fingerprint density at radius 1 is 1.00 bits per heavy atom. The molecule has 5 nitrogen and oxygen atoms in total. The summed E-state index contributed by atoms with van der Waals surface area (Å²) in [4.78, 5) is 18.6. The minimum Gasteiger partial charge on any atom is -0.388 e. The molecule has 0 saturated carbocycles. The van der Waals surface area contributed by atoms with Crippen LogP contribution in [0, 0.1) is 5.92 Å². The van der Waals surface area contributed by atoms with Crippen molar-refractivity contribution >= 4 is 11.7 Å². The van der Waals surface area contributed by atoms with Crippen molar-refractivity contribution in [3.8, 4) is 0 Å². The molecule has 0 fully saturated rings. The minimum atomic E-state index is -0.416. The van der Waals surface area contributed by atoms with Gasteiger partial charge in [0.2, 0.25) is 0 Å². The van der Waals surface area contributed by atoms with Crippen molar-refractivity contribution in [2.24, 2.45) is 5.92 Å². The van der Waals surface area contributed by atoms with Gasteiger partial charge < -0.3 is 15.7 Å². The maximum Gasteiger partial charge on any atom is 0.253 e. The van der Waals surface area contributed by atoms with Crippen LogP contribution >= 0.6 is 0 Å². The second-order valence-electron chi connectivity index (χ2n) is 8.49. The van der Waals surface area contributed by atoms with E-state index in [1.165, 1.54) is 5.56 Å². The van der Waals surface area contributed by atoms with E-state index >= 15 is 0 Å². The largest absolute Gasteiger partial charge is 0.388 e. The smallest absolute Gasteiger partial charge is 0.253 e. The number of carbonyl (C=O) groups is 1. The lowest BCUT2D eigenvalue weighted by Gasteiger charge is -2.19. The molecule has 0 unspecified atom stereocenters. The van der Waals surface area contributed by atoms with Crippen LogP contribution in [0.5, 0.6) is 0 Å². The van der Waals surface area contributed by atoms with Gasteiger partial charge in [0, 0.05) is 12.6 Å². The zero-order valence-corrected chi connectivity index (χ0v) is 18.9. The summed E-state index contributed by atoms with van der Waals surface area (Å²) in [6.45, 7) is 2.52. The molecule has 168 valence electrons. The molecule has 0 saturated heterocycles. The number of hydrogen-bond donors (Lipinski definition) is 2. The number of nitrogen functional groups attached to an aromatic ring is 1. The number of aliphatic hydroxyl groups is 1. The second-order valence-corrected chi connectivity index (χ2v) is 8.49. The predicted molar refractivity (Wildman–Crippen MR) is 129 cm³/mol. The van der Waals surface area contributed by atoms with E-state index in [-0.39, 0.29) is 11.8 Å². The summed E-state index contributed by atoms with van der Waals surface area (Å²) in [6.07, 6.45) is 3.64. The maximum absolute atomic E-state index is 12.7. The number of aliphatic hydroxyl groups excluding tert-OH is 1. The molecule has 3 N–H and O–H groups in total. The summed E-state index contributed by atoms with van der Waals surface area (Å²) in [5.41, 5.74) is 9.36. The third-order valence-corrected chi connectivity index (χ3v) is 5.83. The number of rotatable bonds is 10. The SMILES string of the molecule is C[C@H](CCCCc1ccc(C(=O)N(C)Cc2cccc(N)n2)cc1)[C@H](O)c1ccccc1. The Bertz CT molecular complexity index is 989. The van der Waals surface area contributed by atoms with Crippen LogP contribution in [0.15, 0.2) is 72.8 Å². The fraction of sp³-hybridized carbons (Fsp3) is 0.333. The molecular weight excluding hydrogens is 398 g/mol. The zero-order chi connectivity index (χ0) is 22.9. The van der Waals surface area contributed by atoms with Crippen LogP contribution in [0.25, 0.3) is 0 Å². The number of carbonyl (C=O) groups excluding carboxylic acids is 1. The van der Waals surface area contributed by atoms with E-state index < -0.39 is 6.10 Å². The Morgan fingerprint density at radius 3 is 2.41 bits per heavy atom. The normalized spacial score (nSPS) is 12.8. The first-order valence-corrected chi connectivity index (χ1v) is 11.2. The fourth-order valence-electron chi connectivity index (χ4n) is 3.87. The molecule has 1 heterocycles. The van der Waals surface area contributed by atoms with Gasteiger partial charge in [-0.05, 0) is 60.6 Å². The topological polar surface area (TPSA) is 79.5 Å². The van der Waals surface area contributed by atoms with Crippen molar-refractivity contribution in [3.05, 3.63) is 95.2 Å². The van der Waals surface area contributed by atoms with Gasteiger partial charge in [0.15, 0.2) is 0 Å². The number of hydrogen-bond acceptors (Lipinski definition) is 4. The van der Waals surface area contributed by atoms with Crippen molar-refractivity contribution in [2.45, 2.75) is 45.3 Å². The van der Waals surface area contributed by atoms with E-state index in [0.717, 1.165) is 36.9 Å². The average Bonchev–Trinajstić information content (AvgIpc) is 2.81. The Morgan fingerprint density at radius 2 is 1.72 bits per heavy atom. The number of anilines is 1. The molecule has 0 aliphatic carbocycles. The van der Waals surface area contributed by atoms with Crippen molar-refractivity contribution in [2.75, 3.05) is 12.8 Å². The highest BCUT2D eigenvalue weighted by Crippen LogP contribution is 2.26. The van der Waals surface area contributed by atoms with Gasteiger partial charge in [0.05, 0.1) is 18.3 Å². The van der Waals surface area contributed by atoms with Gasteiger partial charge >= 0.3 is 0 Å². The summed E-state index contributed by atoms with van der Waals surface area (Å²) in [6, 6.07) is 23.1. The van der Waals surface area contributed by atoms with Crippen LogP contribution < -0.4 is 5.73 Å². The van der Waals surface area contributed by atoms with Crippen LogP contribution in [0.4, 0.5) is 5.82 Å². The Labute approximate surface area is 190 Å². The predicted octanol–water partition coefficient (Wildman–Crippen LogP) is 5.02. The van der Waals surface area contributed by atoms with E-state index in [1.54, 1.807) is 18.0 Å². The first-order valence-electron chi connectivity index (χ1n) is 11.2. The molecule has 1 amide bonds. The van der Waals surface area contributed by atoms with Gasteiger partial charge in [-0.25, -0.2) is 4.98 Å². The summed E-state index contributed by atoms with van der Waals surface area (Å²) in [7, 11) is 1.77. The van der Waals surface area contributed by atoms with E-state index in [1.807, 2.05) is 66.7 Å². The number of pyridine rings is 1. The number of nitrogens with zero attached hydrogens (tertiary/aromatic N) is 2. The third-order valence-electron chi connectivity index (χ3n) is 5.83. The maximum atomic E-state index is 12.7. The minimum absolute atomic E-state index is 0.0375. The van der Waals surface area contributed by atoms with Gasteiger partial charge in [-0.1, -0.05) is 61.9 Å². The molecule has 2 atom stereocenters. The van der Waals surface area contributed by atoms with Gasteiger partial charge in [0.25, 0.3) is 5.91 Å². The van der Waals surface area contributed by atoms with Crippen molar-refractivity contribution in [1.29, 1.82) is 0 Å². The molecule has 0 bridgehead atoms. The molecule has 0 radical (unpaired) electrons. The number of benzene rings is 2. The molecule has 32 heavy (non-hydrogen) atoms. The van der Waals surface area contributed by atoms with Crippen molar-refractivity contribution in [1.82, 2.24) is 9.88 Å². The number of unbranched alkanes of at least 4 members (excludes halogenated alkanes) is 1. The first-order chi connectivity index (χ1) is 15.4. The highest BCUT2D eigenvalue weighted by atomic mass is 16.3. The highest BCUT2D eigenvalue weighted by molar-refractivity contribution is 5.94. The second kappa shape index (κ2) is 11.4. The number of aryl methyl sites for hydroxylation is 1. The average molecular weight is 432 g/mol. The number of aromatic nitrogens is 1. The molecule has 3 aromatic rings. The quantitative estimate of drug-likeness (QED) is 0.442. The Kier molecular flexibility index (Phi) is 8.40. The molecular formula is C27H33N3O2. The summed E-state index contributed by atoms with van der Waals surface area (Å²) < 4.78 is 0. The third kappa shape index (κ3) is 6.66. The van der Waals surface area contributed by atoms with E-state index in [2.05, 4.69) is 11.9 Å². The van der Waals surface area contributed by atoms with Gasteiger partial charge in [-0.3, -0.25) is 4.79 Å². The van der Waals surface area contributed by atoms with Crippen LogP contribution in [-0.4, -0.2) is 27.9 Å². The number of nitrogens with two attached hydrogens (primary N) is 1. The molecule has 5 heteroatoms. The lowest BCUT2D eigenvalue weighted by molar-refractivity contribution is 0.0783. The first kappa shape index (κ1) is 23.5. The molecule has 0 aliphatic heterocycles. The highest BCUT2D eigenvalue weighted by Gasteiger charge is 2.16. The molecule has 0 aliphatic rings. The zero-order valence-electron chi connectivity index (χ0n) is 18.9. The van der Waals surface area contributed by atoms with Gasteiger partial charge in [-0.15, -0.1) is 0 Å². The van der Waals surface area contributed by atoms with Crippen molar-refractivity contribution in [3.63, 3.8) is 0 Å². The van der Waals surface area contributed by atoms with Crippen LogP contribution in [-0.2, 0) is 13.0 Å². The summed E-state index contributed by atoms with van der Waals surface area (Å²) in [5.74, 6) is 0.642. The van der Waals surface area contributed by atoms with Crippen molar-refractivity contribution < 1.29 is 9.90 Å². The molecule has 3 rings (SSSR count). The van der Waals surface area contributed by atoms with Crippen LogP contribution in [0.3, 0.4) is 0 Å². The van der Waals surface area contributed by atoms with Crippen LogP contribution in [0.2, 0.25) is 0 Å². The fourth-order valence-corrected chi connectivity index (χ4v) is 3.87. The molecule has 2 aromatic carbocycles. The lowest BCUT2D eigenvalue weighted by atomic mass is 9.92. The molecule has 1 aromatic heterocycles. The Hall–Kier alpha value is -3.18. The summed E-state index contributed by atoms with van der Waals surface area (Å²) >= 11 is 0. The number of amides is 1. The van der Waals surface area contributed by atoms with E-state index in [4.69, 9.17) is 5.73 Å². The van der Waals surface area contributed by atoms with E-state index in [9.17, 15) is 9.90 Å². The Balaban J connectivity index is 1.43. The van der Waals surface area contributed by atoms with Gasteiger partial charge in [0.1, 0.15) is 5.82 Å². The van der Waals surface area contributed by atoms with Crippen LogP contribution in [0.1, 0.15) is 59.5 Å². The lowest BCUT2D eigenvalue weighted by Crippen LogP contribution is -2.26.